The van der Waals surface area contributed by atoms with Crippen LogP contribution in [0.2, 0.25) is 0 Å². The lowest BCUT2D eigenvalue weighted by molar-refractivity contribution is -0.145. The van der Waals surface area contributed by atoms with E-state index in [2.05, 4.69) is 0 Å². The van der Waals surface area contributed by atoms with Crippen molar-refractivity contribution in [3.8, 4) is 0 Å². The van der Waals surface area contributed by atoms with Crippen molar-refractivity contribution in [2.75, 3.05) is 32.7 Å². The molecule has 186 valence electrons. The maximum atomic E-state index is 13.7. The van der Waals surface area contributed by atoms with Gasteiger partial charge in [0.05, 0.1) is 16.9 Å². The van der Waals surface area contributed by atoms with E-state index in [1.54, 1.807) is 30.3 Å². The Labute approximate surface area is 207 Å². The third kappa shape index (κ3) is 4.86. The predicted octanol–water partition coefficient (Wildman–Crippen LogP) is 3.30. The maximum absolute atomic E-state index is 13.7. The van der Waals surface area contributed by atoms with Gasteiger partial charge in [-0.15, -0.1) is 0 Å². The lowest BCUT2D eigenvalue weighted by atomic mass is 9.88. The largest absolute Gasteiger partial charge is 0.342 e. The minimum absolute atomic E-state index is 0.00289. The normalized spacial score (nSPS) is 24.1. The quantitative estimate of drug-likeness (QED) is 0.638. The minimum atomic E-state index is -3.77. The van der Waals surface area contributed by atoms with E-state index in [-0.39, 0.29) is 41.1 Å². The monoisotopic (exact) mass is 495 g/mol. The molecule has 5 rings (SSSR count). The molecule has 3 fully saturated rings. The van der Waals surface area contributed by atoms with Crippen molar-refractivity contribution >= 4 is 21.8 Å². The molecule has 0 radical (unpaired) electrons. The fourth-order valence-electron chi connectivity index (χ4n) is 5.54. The Hall–Kier alpha value is -2.71. The maximum Gasteiger partial charge on any atom is 0.243 e. The number of amides is 2. The first-order chi connectivity index (χ1) is 16.9. The highest BCUT2D eigenvalue weighted by molar-refractivity contribution is 7.89. The second kappa shape index (κ2) is 10.1. The smallest absolute Gasteiger partial charge is 0.243 e. The number of hydrogen-bond acceptors (Lipinski definition) is 4. The lowest BCUT2D eigenvalue weighted by Gasteiger charge is -2.41. The van der Waals surface area contributed by atoms with Crippen molar-refractivity contribution in [2.24, 2.45) is 11.8 Å². The first-order valence-corrected chi connectivity index (χ1v) is 14.1. The van der Waals surface area contributed by atoms with Crippen LogP contribution in [0.15, 0.2) is 65.6 Å². The van der Waals surface area contributed by atoms with Gasteiger partial charge in [-0.1, -0.05) is 48.5 Å². The summed E-state index contributed by atoms with van der Waals surface area (Å²) in [5.41, 5.74) is 0.947. The third-order valence-electron chi connectivity index (χ3n) is 7.74. The molecule has 3 saturated heterocycles. The molecule has 3 aliphatic rings. The van der Waals surface area contributed by atoms with Crippen LogP contribution in [-0.4, -0.2) is 67.1 Å². The lowest BCUT2D eigenvalue weighted by Crippen LogP contribution is -2.51. The van der Waals surface area contributed by atoms with E-state index in [1.165, 1.54) is 4.31 Å². The Morgan fingerprint density at radius 1 is 0.686 bits per heavy atom. The van der Waals surface area contributed by atoms with Gasteiger partial charge < -0.3 is 9.80 Å². The Balaban J connectivity index is 1.31. The van der Waals surface area contributed by atoms with Gasteiger partial charge in [0, 0.05) is 38.6 Å². The molecule has 2 aromatic rings. The molecule has 8 heteroatoms. The summed E-state index contributed by atoms with van der Waals surface area (Å²) in [6, 6.07) is 17.9. The van der Waals surface area contributed by atoms with E-state index in [4.69, 9.17) is 0 Å². The topological polar surface area (TPSA) is 78.0 Å². The summed E-state index contributed by atoms with van der Waals surface area (Å²) in [7, 11) is -3.77. The summed E-state index contributed by atoms with van der Waals surface area (Å²) in [4.78, 5) is 30.1. The summed E-state index contributed by atoms with van der Waals surface area (Å²) >= 11 is 0. The van der Waals surface area contributed by atoms with Gasteiger partial charge in [0.25, 0.3) is 0 Å². The Bertz CT molecular complexity index is 1140. The van der Waals surface area contributed by atoms with Gasteiger partial charge in [-0.2, -0.15) is 4.31 Å². The van der Waals surface area contributed by atoms with Crippen LogP contribution in [0.25, 0.3) is 0 Å². The zero-order valence-corrected chi connectivity index (χ0v) is 20.8. The standard InChI is InChI=1S/C27H33N3O4S/c31-26(28-16-7-17-28)22-14-18-29(19-15-22)27(32)23-12-13-25(21-8-3-1-4-9-21)30(20-23)35(33,34)24-10-5-2-6-11-24/h1-6,8-11,22-23,25H,7,12-20H2/t23-,25-/m1/s1. The molecule has 0 unspecified atom stereocenters. The molecular formula is C27H33N3O4S. The molecule has 2 atom stereocenters. The van der Waals surface area contributed by atoms with Crippen molar-refractivity contribution in [3.63, 3.8) is 0 Å². The van der Waals surface area contributed by atoms with Crippen molar-refractivity contribution in [3.05, 3.63) is 66.2 Å². The summed E-state index contributed by atoms with van der Waals surface area (Å²) in [6.07, 6.45) is 3.69. The second-order valence-electron chi connectivity index (χ2n) is 9.87. The molecule has 3 heterocycles. The van der Waals surface area contributed by atoms with Gasteiger partial charge in [-0.05, 0) is 49.8 Å². The van der Waals surface area contributed by atoms with Crippen molar-refractivity contribution < 1.29 is 18.0 Å². The molecular weight excluding hydrogens is 462 g/mol. The van der Waals surface area contributed by atoms with Crippen LogP contribution in [0.4, 0.5) is 0 Å². The van der Waals surface area contributed by atoms with Gasteiger partial charge in [-0.3, -0.25) is 9.59 Å². The number of carbonyl (C=O) groups is 2. The fourth-order valence-corrected chi connectivity index (χ4v) is 7.25. The number of nitrogens with zero attached hydrogens (tertiary/aromatic N) is 3. The van der Waals surface area contributed by atoms with Crippen LogP contribution in [0.1, 0.15) is 43.7 Å². The number of benzene rings is 2. The van der Waals surface area contributed by atoms with E-state index >= 15 is 0 Å². The molecule has 0 aromatic heterocycles. The minimum Gasteiger partial charge on any atom is -0.342 e. The first kappa shape index (κ1) is 24.0. The van der Waals surface area contributed by atoms with Crippen LogP contribution in [0.3, 0.4) is 0 Å². The zero-order chi connectivity index (χ0) is 24.4. The van der Waals surface area contributed by atoms with Crippen LogP contribution >= 0.6 is 0 Å². The van der Waals surface area contributed by atoms with E-state index in [1.807, 2.05) is 40.1 Å². The highest BCUT2D eigenvalue weighted by Gasteiger charge is 2.42. The summed E-state index contributed by atoms with van der Waals surface area (Å²) in [5, 5.41) is 0. The highest BCUT2D eigenvalue weighted by Crippen LogP contribution is 2.38. The van der Waals surface area contributed by atoms with Gasteiger partial charge in [0.15, 0.2) is 0 Å². The number of sulfonamides is 1. The number of likely N-dealkylation sites (tertiary alicyclic amines) is 2. The van der Waals surface area contributed by atoms with E-state index < -0.39 is 10.0 Å². The van der Waals surface area contributed by atoms with Crippen LogP contribution < -0.4 is 0 Å². The van der Waals surface area contributed by atoms with Crippen LogP contribution in [-0.2, 0) is 19.6 Å². The second-order valence-corrected chi connectivity index (χ2v) is 11.8. The summed E-state index contributed by atoms with van der Waals surface area (Å²) < 4.78 is 28.9. The average molecular weight is 496 g/mol. The Kier molecular flexibility index (Phi) is 6.93. The molecule has 7 nitrogen and oxygen atoms in total. The van der Waals surface area contributed by atoms with Crippen molar-refractivity contribution in [1.82, 2.24) is 14.1 Å². The third-order valence-corrected chi connectivity index (χ3v) is 9.63. The molecule has 3 aliphatic heterocycles. The highest BCUT2D eigenvalue weighted by atomic mass is 32.2. The number of carbonyl (C=O) groups excluding carboxylic acids is 2. The molecule has 0 bridgehead atoms. The van der Waals surface area contributed by atoms with E-state index in [0.717, 1.165) is 25.1 Å². The van der Waals surface area contributed by atoms with E-state index in [0.29, 0.717) is 38.8 Å². The van der Waals surface area contributed by atoms with Crippen molar-refractivity contribution in [2.45, 2.75) is 43.0 Å². The number of piperidine rings is 2. The van der Waals surface area contributed by atoms with E-state index in [9.17, 15) is 18.0 Å². The van der Waals surface area contributed by atoms with Crippen molar-refractivity contribution in [1.29, 1.82) is 0 Å². The fraction of sp³-hybridized carbons (Fsp3) is 0.481. The molecule has 35 heavy (non-hydrogen) atoms. The van der Waals surface area contributed by atoms with Gasteiger partial charge >= 0.3 is 0 Å². The SMILES string of the molecule is O=C(C1CCN(C(=O)[C@@H]2CC[C@H](c3ccccc3)N(S(=O)(=O)c3ccccc3)C2)CC1)N1CCC1. The van der Waals surface area contributed by atoms with Crippen LogP contribution in [0, 0.1) is 11.8 Å². The molecule has 2 amide bonds. The molecule has 0 saturated carbocycles. The zero-order valence-electron chi connectivity index (χ0n) is 20.0. The Morgan fingerprint density at radius 3 is 1.86 bits per heavy atom. The summed E-state index contributed by atoms with van der Waals surface area (Å²) in [6.45, 7) is 3.01. The number of rotatable bonds is 5. The predicted molar refractivity (Wildman–Crippen MR) is 133 cm³/mol. The van der Waals surface area contributed by atoms with Crippen LogP contribution in [0.5, 0.6) is 0 Å². The van der Waals surface area contributed by atoms with Gasteiger partial charge in [0.1, 0.15) is 0 Å². The molecule has 0 aliphatic carbocycles. The molecule has 0 spiro atoms. The molecule has 2 aromatic carbocycles. The molecule has 0 N–H and O–H groups in total. The first-order valence-electron chi connectivity index (χ1n) is 12.6. The average Bonchev–Trinajstić information content (AvgIpc) is 2.88. The summed E-state index contributed by atoms with van der Waals surface area (Å²) in [5.74, 6) is -0.134. The van der Waals surface area contributed by atoms with Gasteiger partial charge in [0.2, 0.25) is 21.8 Å². The number of hydrogen-bond donors (Lipinski definition) is 0. The van der Waals surface area contributed by atoms with Gasteiger partial charge in [-0.25, -0.2) is 8.42 Å². The Morgan fingerprint density at radius 2 is 1.26 bits per heavy atom.